The molecule has 1 aliphatic rings. The Kier molecular flexibility index (Phi) is 5.41. The molecule has 1 fully saturated rings. The van der Waals surface area contributed by atoms with Crippen LogP contribution in [0.25, 0.3) is 0 Å². The summed E-state index contributed by atoms with van der Waals surface area (Å²) in [5.74, 6) is -0.324. The van der Waals surface area contributed by atoms with Crippen LogP contribution in [0.2, 0.25) is 0 Å². The predicted octanol–water partition coefficient (Wildman–Crippen LogP) is 2.55. The summed E-state index contributed by atoms with van der Waals surface area (Å²) in [5.41, 5.74) is 0.229. The Labute approximate surface area is 128 Å². The summed E-state index contributed by atoms with van der Waals surface area (Å²) in [5, 5.41) is 8.84. The number of hydrogen-bond acceptors (Lipinski definition) is 4. The molecule has 2 rings (SSSR count). The molecule has 0 radical (unpaired) electrons. The van der Waals surface area contributed by atoms with E-state index in [-0.39, 0.29) is 24.4 Å². The van der Waals surface area contributed by atoms with Crippen LogP contribution >= 0.6 is 0 Å². The maximum Gasteiger partial charge on any atom is 0.410 e. The van der Waals surface area contributed by atoms with Gasteiger partial charge in [0.05, 0.1) is 5.56 Å². The maximum atomic E-state index is 11.7. The highest BCUT2D eigenvalue weighted by atomic mass is 16.6. The molecule has 0 atom stereocenters. The van der Waals surface area contributed by atoms with Crippen LogP contribution in [0, 0.1) is 0 Å². The molecule has 0 bridgehead atoms. The first-order valence-electron chi connectivity index (χ1n) is 7.12. The fraction of sp³-hybridized carbons (Fsp3) is 0.375. The van der Waals surface area contributed by atoms with Gasteiger partial charge in [-0.25, -0.2) is 9.59 Å². The third-order valence-electron chi connectivity index (χ3n) is 3.43. The number of nitrogens with zero attached hydrogens (tertiary/aromatic N) is 1. The van der Waals surface area contributed by atoms with Crippen molar-refractivity contribution in [1.29, 1.82) is 0 Å². The van der Waals surface area contributed by atoms with Gasteiger partial charge in [-0.2, -0.15) is 0 Å². The molecule has 1 aromatic carbocycles. The van der Waals surface area contributed by atoms with Gasteiger partial charge in [-0.3, -0.25) is 0 Å². The SMILES string of the molecule is C=CCOC(=O)N1CCC(Oc2ccc(C(=O)O)cc2)CC1. The molecule has 22 heavy (non-hydrogen) atoms. The number of carbonyl (C=O) groups excluding carboxylic acids is 1. The van der Waals surface area contributed by atoms with Crippen molar-refractivity contribution < 1.29 is 24.2 Å². The second-order valence-electron chi connectivity index (χ2n) is 5.00. The van der Waals surface area contributed by atoms with Crippen LogP contribution in [0.4, 0.5) is 4.79 Å². The van der Waals surface area contributed by atoms with Crippen LogP contribution in [0.15, 0.2) is 36.9 Å². The highest BCUT2D eigenvalue weighted by Crippen LogP contribution is 2.20. The zero-order valence-corrected chi connectivity index (χ0v) is 12.2. The van der Waals surface area contributed by atoms with Crippen molar-refractivity contribution in [2.24, 2.45) is 0 Å². The Morgan fingerprint density at radius 1 is 1.27 bits per heavy atom. The van der Waals surface area contributed by atoms with Crippen LogP contribution < -0.4 is 4.74 Å². The lowest BCUT2D eigenvalue weighted by atomic mass is 10.1. The number of hydrogen-bond donors (Lipinski definition) is 1. The first-order valence-corrected chi connectivity index (χ1v) is 7.12. The molecule has 0 aliphatic carbocycles. The van der Waals surface area contributed by atoms with Crippen molar-refractivity contribution in [1.82, 2.24) is 4.90 Å². The van der Waals surface area contributed by atoms with Gasteiger partial charge in [0.15, 0.2) is 0 Å². The van der Waals surface area contributed by atoms with E-state index in [2.05, 4.69) is 6.58 Å². The van der Waals surface area contributed by atoms with Gasteiger partial charge in [0, 0.05) is 25.9 Å². The molecule has 0 aromatic heterocycles. The second kappa shape index (κ2) is 7.49. The van der Waals surface area contributed by atoms with Gasteiger partial charge in [-0.1, -0.05) is 12.7 Å². The van der Waals surface area contributed by atoms with Gasteiger partial charge >= 0.3 is 12.1 Å². The fourth-order valence-electron chi connectivity index (χ4n) is 2.25. The number of benzene rings is 1. The fourth-order valence-corrected chi connectivity index (χ4v) is 2.25. The third-order valence-corrected chi connectivity index (χ3v) is 3.43. The summed E-state index contributed by atoms with van der Waals surface area (Å²) in [7, 11) is 0. The Morgan fingerprint density at radius 2 is 1.91 bits per heavy atom. The summed E-state index contributed by atoms with van der Waals surface area (Å²) in [6, 6.07) is 6.32. The number of aromatic carboxylic acids is 1. The second-order valence-corrected chi connectivity index (χ2v) is 5.00. The molecule has 118 valence electrons. The average molecular weight is 305 g/mol. The van der Waals surface area contributed by atoms with Crippen molar-refractivity contribution in [3.8, 4) is 5.75 Å². The van der Waals surface area contributed by atoms with Gasteiger partial charge in [0.1, 0.15) is 18.5 Å². The van der Waals surface area contributed by atoms with Crippen molar-refractivity contribution in [2.75, 3.05) is 19.7 Å². The number of piperidine rings is 1. The monoisotopic (exact) mass is 305 g/mol. The van der Waals surface area contributed by atoms with Gasteiger partial charge < -0.3 is 19.5 Å². The van der Waals surface area contributed by atoms with Crippen LogP contribution in [-0.2, 0) is 4.74 Å². The molecule has 6 heteroatoms. The lowest BCUT2D eigenvalue weighted by Gasteiger charge is -2.31. The third kappa shape index (κ3) is 4.25. The quantitative estimate of drug-likeness (QED) is 0.846. The van der Waals surface area contributed by atoms with Gasteiger partial charge in [-0.05, 0) is 24.3 Å². The number of rotatable bonds is 5. The van der Waals surface area contributed by atoms with Crippen LogP contribution in [-0.4, -0.2) is 47.9 Å². The average Bonchev–Trinajstić information content (AvgIpc) is 2.54. The minimum Gasteiger partial charge on any atom is -0.490 e. The standard InChI is InChI=1S/C16H19NO5/c1-2-11-21-16(20)17-9-7-14(8-10-17)22-13-5-3-12(4-6-13)15(18)19/h2-6,14H,1,7-11H2,(H,18,19). The Morgan fingerprint density at radius 3 is 2.45 bits per heavy atom. The van der Waals surface area contributed by atoms with Crippen LogP contribution in [0.3, 0.4) is 0 Å². The number of ether oxygens (including phenoxy) is 2. The van der Waals surface area contributed by atoms with E-state index in [4.69, 9.17) is 14.6 Å². The normalized spacial score (nSPS) is 15.2. The highest BCUT2D eigenvalue weighted by molar-refractivity contribution is 5.87. The van der Waals surface area contributed by atoms with E-state index < -0.39 is 5.97 Å². The van der Waals surface area contributed by atoms with Crippen LogP contribution in [0.5, 0.6) is 5.75 Å². The summed E-state index contributed by atoms with van der Waals surface area (Å²) >= 11 is 0. The molecule has 0 unspecified atom stereocenters. The number of carboxylic acid groups (broad SMARTS) is 1. The van der Waals surface area contributed by atoms with Crippen LogP contribution in [0.1, 0.15) is 23.2 Å². The van der Waals surface area contributed by atoms with E-state index in [0.717, 1.165) is 0 Å². The molecular weight excluding hydrogens is 286 g/mol. The minimum atomic E-state index is -0.960. The van der Waals surface area contributed by atoms with E-state index >= 15 is 0 Å². The molecule has 0 saturated carbocycles. The molecule has 1 amide bonds. The summed E-state index contributed by atoms with van der Waals surface area (Å²) < 4.78 is 10.8. The maximum absolute atomic E-state index is 11.7. The Bertz CT molecular complexity index is 532. The number of amides is 1. The van der Waals surface area contributed by atoms with E-state index in [9.17, 15) is 9.59 Å². The van der Waals surface area contributed by atoms with Crippen molar-refractivity contribution in [3.63, 3.8) is 0 Å². The van der Waals surface area contributed by atoms with E-state index in [0.29, 0.717) is 31.7 Å². The number of likely N-dealkylation sites (tertiary alicyclic amines) is 1. The summed E-state index contributed by atoms with van der Waals surface area (Å²) in [4.78, 5) is 24.1. The van der Waals surface area contributed by atoms with E-state index in [1.165, 1.54) is 18.2 Å². The van der Waals surface area contributed by atoms with Crippen molar-refractivity contribution in [3.05, 3.63) is 42.5 Å². The molecule has 1 saturated heterocycles. The smallest absolute Gasteiger partial charge is 0.410 e. The zero-order valence-electron chi connectivity index (χ0n) is 12.2. The van der Waals surface area contributed by atoms with E-state index in [1.807, 2.05) is 0 Å². The van der Waals surface area contributed by atoms with Crippen molar-refractivity contribution >= 4 is 12.1 Å². The molecule has 1 aliphatic heterocycles. The molecule has 0 spiro atoms. The minimum absolute atomic E-state index is 0.0131. The van der Waals surface area contributed by atoms with E-state index in [1.54, 1.807) is 17.0 Å². The molecular formula is C16H19NO5. The lowest BCUT2D eigenvalue weighted by molar-refractivity contribution is 0.0696. The predicted molar refractivity (Wildman–Crippen MR) is 80.2 cm³/mol. The Balaban J connectivity index is 1.80. The highest BCUT2D eigenvalue weighted by Gasteiger charge is 2.24. The number of carbonyl (C=O) groups is 2. The van der Waals surface area contributed by atoms with Gasteiger partial charge in [0.25, 0.3) is 0 Å². The Hall–Kier alpha value is -2.50. The molecule has 1 aromatic rings. The summed E-state index contributed by atoms with van der Waals surface area (Å²) in [6.07, 6.45) is 2.64. The molecule has 1 N–H and O–H groups in total. The topological polar surface area (TPSA) is 76.1 Å². The first-order chi connectivity index (χ1) is 10.6. The van der Waals surface area contributed by atoms with Crippen molar-refractivity contribution in [2.45, 2.75) is 18.9 Å². The van der Waals surface area contributed by atoms with Gasteiger partial charge in [-0.15, -0.1) is 0 Å². The molecule has 6 nitrogen and oxygen atoms in total. The lowest BCUT2D eigenvalue weighted by Crippen LogP contribution is -2.42. The van der Waals surface area contributed by atoms with Gasteiger partial charge in [0.2, 0.25) is 0 Å². The largest absolute Gasteiger partial charge is 0.490 e. The molecule has 1 heterocycles. The first kappa shape index (κ1) is 15.9. The summed E-state index contributed by atoms with van der Waals surface area (Å²) in [6.45, 7) is 4.87. The zero-order chi connectivity index (χ0) is 15.9. The number of carboxylic acids is 1.